The summed E-state index contributed by atoms with van der Waals surface area (Å²) in [6, 6.07) is 4.14. The fourth-order valence-corrected chi connectivity index (χ4v) is 3.32. The molecule has 20 heavy (non-hydrogen) atoms. The summed E-state index contributed by atoms with van der Waals surface area (Å²) in [6.07, 6.45) is 1.48. The normalized spacial score (nSPS) is 24.4. The van der Waals surface area contributed by atoms with Crippen molar-refractivity contribution in [1.82, 2.24) is 10.2 Å². The van der Waals surface area contributed by atoms with E-state index in [-0.39, 0.29) is 11.9 Å². The van der Waals surface area contributed by atoms with Crippen LogP contribution in [0.3, 0.4) is 0 Å². The number of hydrogen-bond donors (Lipinski definition) is 2. The minimum Gasteiger partial charge on any atom is -0.391 e. The first-order chi connectivity index (χ1) is 9.56. The molecule has 1 aliphatic heterocycles. The van der Waals surface area contributed by atoms with Crippen LogP contribution in [-0.4, -0.2) is 41.8 Å². The first-order valence-corrected chi connectivity index (χ1v) is 8.17. The zero-order valence-electron chi connectivity index (χ0n) is 12.2. The van der Waals surface area contributed by atoms with Crippen LogP contribution in [-0.2, 0) is 6.42 Å². The Balaban J connectivity index is 1.72. The number of likely N-dealkylation sites (tertiary alicyclic amines) is 1. The van der Waals surface area contributed by atoms with E-state index in [2.05, 4.69) is 29.8 Å². The van der Waals surface area contributed by atoms with Crippen LogP contribution in [0.15, 0.2) is 17.5 Å². The van der Waals surface area contributed by atoms with E-state index < -0.39 is 6.10 Å². The summed E-state index contributed by atoms with van der Waals surface area (Å²) in [5.74, 6) is 0.711. The van der Waals surface area contributed by atoms with Gasteiger partial charge in [0.1, 0.15) is 0 Å². The Hall–Kier alpha value is -1.07. The van der Waals surface area contributed by atoms with Gasteiger partial charge in [0.25, 0.3) is 0 Å². The summed E-state index contributed by atoms with van der Waals surface area (Å²) in [4.78, 5) is 15.1. The van der Waals surface area contributed by atoms with Gasteiger partial charge in [-0.15, -0.1) is 11.3 Å². The van der Waals surface area contributed by atoms with Gasteiger partial charge in [-0.05, 0) is 36.1 Å². The zero-order chi connectivity index (χ0) is 14.5. The van der Waals surface area contributed by atoms with Crippen LogP contribution >= 0.6 is 11.3 Å². The standard InChI is InChI=1S/C15H24N2O2S/c1-11(8-13-4-3-7-20-13)9-16-15(19)17-6-5-12(2)14(18)10-17/h3-4,7,11-12,14,18H,5-6,8-10H2,1-2H3,(H,16,19). The van der Waals surface area contributed by atoms with Crippen molar-refractivity contribution in [2.75, 3.05) is 19.6 Å². The second-order valence-corrected chi connectivity index (χ2v) is 6.89. The van der Waals surface area contributed by atoms with E-state index in [0.29, 0.717) is 19.0 Å². The quantitative estimate of drug-likeness (QED) is 0.896. The molecule has 5 heteroatoms. The molecule has 2 rings (SSSR count). The Labute approximate surface area is 124 Å². The fraction of sp³-hybridized carbons (Fsp3) is 0.667. The fourth-order valence-electron chi connectivity index (χ4n) is 2.45. The van der Waals surface area contributed by atoms with E-state index >= 15 is 0 Å². The average Bonchev–Trinajstić information content (AvgIpc) is 2.92. The number of hydrogen-bond acceptors (Lipinski definition) is 3. The van der Waals surface area contributed by atoms with E-state index in [1.807, 2.05) is 6.92 Å². The van der Waals surface area contributed by atoms with Crippen LogP contribution in [0.2, 0.25) is 0 Å². The number of rotatable bonds is 4. The summed E-state index contributed by atoms with van der Waals surface area (Å²) in [7, 11) is 0. The monoisotopic (exact) mass is 296 g/mol. The molecule has 3 atom stereocenters. The lowest BCUT2D eigenvalue weighted by Crippen LogP contribution is -2.50. The van der Waals surface area contributed by atoms with Crippen molar-refractivity contribution in [2.24, 2.45) is 11.8 Å². The Morgan fingerprint density at radius 3 is 3.10 bits per heavy atom. The number of piperidine rings is 1. The number of β-amino-alcohol motifs (C(OH)–C–C–N with tert-alkyl or cyclic N) is 1. The lowest BCUT2D eigenvalue weighted by molar-refractivity contribution is 0.0434. The summed E-state index contributed by atoms with van der Waals surface area (Å²) < 4.78 is 0. The summed E-state index contributed by atoms with van der Waals surface area (Å²) >= 11 is 1.76. The highest BCUT2D eigenvalue weighted by molar-refractivity contribution is 7.09. The smallest absolute Gasteiger partial charge is 0.317 e. The third-order valence-corrected chi connectivity index (χ3v) is 4.84. The molecule has 1 aromatic heterocycles. The Morgan fingerprint density at radius 1 is 1.65 bits per heavy atom. The van der Waals surface area contributed by atoms with Gasteiger partial charge in [-0.25, -0.2) is 4.79 Å². The molecule has 3 unspecified atom stereocenters. The molecule has 1 saturated heterocycles. The number of thiophene rings is 1. The first-order valence-electron chi connectivity index (χ1n) is 7.29. The maximum absolute atomic E-state index is 12.1. The molecule has 0 aromatic carbocycles. The number of aliphatic hydroxyl groups is 1. The molecule has 112 valence electrons. The number of carbonyl (C=O) groups excluding carboxylic acids is 1. The lowest BCUT2D eigenvalue weighted by Gasteiger charge is -2.34. The van der Waals surface area contributed by atoms with Gasteiger partial charge in [-0.2, -0.15) is 0 Å². The number of nitrogens with one attached hydrogen (secondary N) is 1. The molecule has 0 aliphatic carbocycles. The van der Waals surface area contributed by atoms with Gasteiger partial charge in [0, 0.05) is 24.5 Å². The predicted molar refractivity (Wildman–Crippen MR) is 81.9 cm³/mol. The van der Waals surface area contributed by atoms with E-state index in [0.717, 1.165) is 19.4 Å². The largest absolute Gasteiger partial charge is 0.391 e. The number of aliphatic hydroxyl groups excluding tert-OH is 1. The van der Waals surface area contributed by atoms with Crippen molar-refractivity contribution < 1.29 is 9.90 Å². The molecule has 2 N–H and O–H groups in total. The third-order valence-electron chi connectivity index (χ3n) is 3.94. The summed E-state index contributed by atoms with van der Waals surface area (Å²) in [6.45, 7) is 6.05. The molecule has 0 saturated carbocycles. The molecule has 0 radical (unpaired) electrons. The van der Waals surface area contributed by atoms with E-state index in [1.165, 1.54) is 4.88 Å². The van der Waals surface area contributed by atoms with E-state index in [1.54, 1.807) is 16.2 Å². The average molecular weight is 296 g/mol. The Bertz CT molecular complexity index is 422. The van der Waals surface area contributed by atoms with Crippen molar-refractivity contribution in [2.45, 2.75) is 32.8 Å². The highest BCUT2D eigenvalue weighted by atomic mass is 32.1. The van der Waals surface area contributed by atoms with Crippen molar-refractivity contribution in [3.63, 3.8) is 0 Å². The zero-order valence-corrected chi connectivity index (χ0v) is 13.0. The lowest BCUT2D eigenvalue weighted by atomic mass is 9.96. The van der Waals surface area contributed by atoms with Crippen molar-refractivity contribution >= 4 is 17.4 Å². The van der Waals surface area contributed by atoms with Crippen molar-refractivity contribution in [1.29, 1.82) is 0 Å². The summed E-state index contributed by atoms with van der Waals surface area (Å²) in [5, 5.41) is 14.9. The van der Waals surface area contributed by atoms with Crippen LogP contribution in [0.25, 0.3) is 0 Å². The van der Waals surface area contributed by atoms with Gasteiger partial charge >= 0.3 is 6.03 Å². The van der Waals surface area contributed by atoms with Gasteiger partial charge in [-0.1, -0.05) is 19.9 Å². The molecule has 4 nitrogen and oxygen atoms in total. The summed E-state index contributed by atoms with van der Waals surface area (Å²) in [5.41, 5.74) is 0. The molecule has 2 heterocycles. The minimum absolute atomic E-state index is 0.0472. The molecule has 1 aromatic rings. The van der Waals surface area contributed by atoms with Gasteiger partial charge < -0.3 is 15.3 Å². The molecular weight excluding hydrogens is 272 g/mol. The molecule has 2 amide bonds. The maximum Gasteiger partial charge on any atom is 0.317 e. The van der Waals surface area contributed by atoms with Crippen LogP contribution in [0.1, 0.15) is 25.1 Å². The first kappa shape index (κ1) is 15.3. The number of urea groups is 1. The van der Waals surface area contributed by atoms with Crippen LogP contribution in [0, 0.1) is 11.8 Å². The maximum atomic E-state index is 12.1. The van der Waals surface area contributed by atoms with Crippen molar-refractivity contribution in [3.8, 4) is 0 Å². The van der Waals surface area contributed by atoms with Crippen molar-refractivity contribution in [3.05, 3.63) is 22.4 Å². The predicted octanol–water partition coefficient (Wildman–Crippen LogP) is 2.34. The minimum atomic E-state index is -0.391. The SMILES string of the molecule is CC(CNC(=O)N1CCC(C)C(O)C1)Cc1cccs1. The number of carbonyl (C=O) groups is 1. The van der Waals surface area contributed by atoms with E-state index in [4.69, 9.17) is 0 Å². The number of amides is 2. The molecule has 1 aliphatic rings. The third kappa shape index (κ3) is 4.21. The Morgan fingerprint density at radius 2 is 2.45 bits per heavy atom. The van der Waals surface area contributed by atoms with Gasteiger partial charge in [0.15, 0.2) is 0 Å². The molecule has 0 spiro atoms. The number of nitrogens with zero attached hydrogens (tertiary/aromatic N) is 1. The topological polar surface area (TPSA) is 52.6 Å². The molecule has 1 fully saturated rings. The van der Waals surface area contributed by atoms with Gasteiger partial charge in [0.05, 0.1) is 6.10 Å². The van der Waals surface area contributed by atoms with Crippen LogP contribution in [0.4, 0.5) is 4.79 Å². The van der Waals surface area contributed by atoms with Crippen LogP contribution in [0.5, 0.6) is 0 Å². The second kappa shape index (κ2) is 7.09. The second-order valence-electron chi connectivity index (χ2n) is 5.85. The highest BCUT2D eigenvalue weighted by Crippen LogP contribution is 2.17. The molecule has 0 bridgehead atoms. The van der Waals surface area contributed by atoms with Gasteiger partial charge in [-0.3, -0.25) is 0 Å². The highest BCUT2D eigenvalue weighted by Gasteiger charge is 2.27. The van der Waals surface area contributed by atoms with E-state index in [9.17, 15) is 9.90 Å². The van der Waals surface area contributed by atoms with Gasteiger partial charge in [0.2, 0.25) is 0 Å². The Kier molecular flexibility index (Phi) is 5.43. The molecular formula is C15H24N2O2S. The van der Waals surface area contributed by atoms with Crippen LogP contribution < -0.4 is 5.32 Å².